The normalized spacial score (nSPS) is 10.8. The van der Waals surface area contributed by atoms with E-state index in [0.29, 0.717) is 0 Å². The molecule has 0 atom stereocenters. The number of anilines is 1. The van der Waals surface area contributed by atoms with E-state index >= 15 is 0 Å². The first-order valence-corrected chi connectivity index (χ1v) is 6.28. The van der Waals surface area contributed by atoms with Crippen molar-refractivity contribution in [1.29, 1.82) is 0 Å². The van der Waals surface area contributed by atoms with E-state index in [1.54, 1.807) is 10.9 Å². The second-order valence-electron chi connectivity index (χ2n) is 4.82. The van der Waals surface area contributed by atoms with Gasteiger partial charge in [0.1, 0.15) is 0 Å². The Hall–Kier alpha value is -2.17. The summed E-state index contributed by atoms with van der Waals surface area (Å²) in [5, 5.41) is 7.29. The van der Waals surface area contributed by atoms with Crippen molar-refractivity contribution < 1.29 is 4.79 Å². The SMILES string of the molecule is Cc1nn(-c2cccnc2C)cc1NC(=O)C(C)C. The van der Waals surface area contributed by atoms with Gasteiger partial charge in [0.2, 0.25) is 5.91 Å². The Morgan fingerprint density at radius 2 is 2.05 bits per heavy atom. The van der Waals surface area contributed by atoms with E-state index in [2.05, 4.69) is 15.4 Å². The van der Waals surface area contributed by atoms with Crippen molar-refractivity contribution in [2.24, 2.45) is 5.92 Å². The lowest BCUT2D eigenvalue weighted by atomic mass is 10.2. The van der Waals surface area contributed by atoms with Crippen molar-refractivity contribution in [3.63, 3.8) is 0 Å². The molecule has 2 aromatic heterocycles. The summed E-state index contributed by atoms with van der Waals surface area (Å²) in [6.07, 6.45) is 3.57. The lowest BCUT2D eigenvalue weighted by Gasteiger charge is -2.05. The van der Waals surface area contributed by atoms with Crippen LogP contribution >= 0.6 is 0 Å². The molecule has 0 aliphatic heterocycles. The number of amides is 1. The second kappa shape index (κ2) is 5.22. The fraction of sp³-hybridized carbons (Fsp3) is 0.357. The summed E-state index contributed by atoms with van der Waals surface area (Å²) in [6, 6.07) is 3.81. The molecule has 0 fully saturated rings. The van der Waals surface area contributed by atoms with Gasteiger partial charge in [-0.1, -0.05) is 13.8 Å². The van der Waals surface area contributed by atoms with Gasteiger partial charge in [-0.15, -0.1) is 0 Å². The molecule has 1 amide bonds. The van der Waals surface area contributed by atoms with Crippen LogP contribution in [0, 0.1) is 19.8 Å². The summed E-state index contributed by atoms with van der Waals surface area (Å²) in [5.41, 5.74) is 3.33. The average Bonchev–Trinajstić information content (AvgIpc) is 2.71. The standard InChI is InChI=1S/C14H18N4O/c1-9(2)14(19)16-12-8-18(17-10(12)3)13-6-5-7-15-11(13)4/h5-9H,1-4H3,(H,16,19). The molecule has 19 heavy (non-hydrogen) atoms. The largest absolute Gasteiger partial charge is 0.323 e. The number of nitrogens with one attached hydrogen (secondary N) is 1. The number of aryl methyl sites for hydroxylation is 2. The highest BCUT2D eigenvalue weighted by Crippen LogP contribution is 2.18. The maximum absolute atomic E-state index is 11.7. The summed E-state index contributed by atoms with van der Waals surface area (Å²) >= 11 is 0. The van der Waals surface area contributed by atoms with E-state index < -0.39 is 0 Å². The van der Waals surface area contributed by atoms with Crippen LogP contribution in [0.15, 0.2) is 24.5 Å². The molecule has 0 saturated carbocycles. The summed E-state index contributed by atoms with van der Waals surface area (Å²) in [5.74, 6) is -0.0616. The smallest absolute Gasteiger partial charge is 0.227 e. The Balaban J connectivity index is 2.32. The van der Waals surface area contributed by atoms with Gasteiger partial charge in [0.05, 0.1) is 29.0 Å². The van der Waals surface area contributed by atoms with Crippen LogP contribution in [0.4, 0.5) is 5.69 Å². The Morgan fingerprint density at radius 3 is 2.68 bits per heavy atom. The van der Waals surface area contributed by atoms with Gasteiger partial charge < -0.3 is 5.32 Å². The molecule has 2 heterocycles. The molecule has 2 rings (SSSR count). The van der Waals surface area contributed by atoms with Gasteiger partial charge in [-0.2, -0.15) is 5.10 Å². The Labute approximate surface area is 112 Å². The molecule has 100 valence electrons. The minimum atomic E-state index is -0.0529. The first-order valence-electron chi connectivity index (χ1n) is 6.28. The van der Waals surface area contributed by atoms with Gasteiger partial charge >= 0.3 is 0 Å². The number of hydrogen-bond donors (Lipinski definition) is 1. The highest BCUT2D eigenvalue weighted by molar-refractivity contribution is 5.92. The van der Waals surface area contributed by atoms with Crippen molar-refractivity contribution in [3.8, 4) is 5.69 Å². The molecule has 0 bridgehead atoms. The van der Waals surface area contributed by atoms with Gasteiger partial charge in [-0.25, -0.2) is 4.68 Å². The highest BCUT2D eigenvalue weighted by Gasteiger charge is 2.12. The highest BCUT2D eigenvalue weighted by atomic mass is 16.1. The molecule has 0 radical (unpaired) electrons. The maximum Gasteiger partial charge on any atom is 0.227 e. The zero-order chi connectivity index (χ0) is 14.0. The molecule has 5 nitrogen and oxygen atoms in total. The van der Waals surface area contributed by atoms with E-state index in [0.717, 1.165) is 22.8 Å². The van der Waals surface area contributed by atoms with Crippen LogP contribution in [0.25, 0.3) is 5.69 Å². The van der Waals surface area contributed by atoms with Crippen LogP contribution in [-0.4, -0.2) is 20.7 Å². The lowest BCUT2D eigenvalue weighted by molar-refractivity contribution is -0.118. The molecule has 0 saturated heterocycles. The van der Waals surface area contributed by atoms with Crippen LogP contribution in [0.5, 0.6) is 0 Å². The van der Waals surface area contributed by atoms with E-state index in [9.17, 15) is 4.79 Å². The monoisotopic (exact) mass is 258 g/mol. The number of aromatic nitrogens is 3. The fourth-order valence-electron chi connectivity index (χ4n) is 1.70. The number of rotatable bonds is 3. The third-order valence-electron chi connectivity index (χ3n) is 2.91. The predicted octanol–water partition coefficient (Wildman–Crippen LogP) is 2.48. The summed E-state index contributed by atoms with van der Waals surface area (Å²) < 4.78 is 1.74. The Kier molecular flexibility index (Phi) is 3.64. The minimum absolute atomic E-state index is 0.00874. The average molecular weight is 258 g/mol. The summed E-state index contributed by atoms with van der Waals surface area (Å²) in [4.78, 5) is 16.0. The first-order chi connectivity index (χ1) is 8.99. The number of nitrogens with zero attached hydrogens (tertiary/aromatic N) is 3. The summed E-state index contributed by atoms with van der Waals surface area (Å²) in [7, 11) is 0. The minimum Gasteiger partial charge on any atom is -0.323 e. The molecule has 0 aliphatic rings. The zero-order valence-electron chi connectivity index (χ0n) is 11.6. The van der Waals surface area contributed by atoms with E-state index in [4.69, 9.17) is 0 Å². The van der Waals surface area contributed by atoms with E-state index in [-0.39, 0.29) is 11.8 Å². The predicted molar refractivity (Wildman–Crippen MR) is 74.3 cm³/mol. The topological polar surface area (TPSA) is 59.8 Å². The van der Waals surface area contributed by atoms with Crippen LogP contribution in [0.1, 0.15) is 25.2 Å². The van der Waals surface area contributed by atoms with E-state index in [1.807, 2.05) is 46.0 Å². The van der Waals surface area contributed by atoms with Gasteiger partial charge in [-0.3, -0.25) is 9.78 Å². The maximum atomic E-state index is 11.7. The number of carbonyl (C=O) groups is 1. The van der Waals surface area contributed by atoms with Crippen molar-refractivity contribution in [3.05, 3.63) is 35.9 Å². The van der Waals surface area contributed by atoms with Crippen LogP contribution in [-0.2, 0) is 4.79 Å². The zero-order valence-corrected chi connectivity index (χ0v) is 11.6. The lowest BCUT2D eigenvalue weighted by Crippen LogP contribution is -2.17. The summed E-state index contributed by atoms with van der Waals surface area (Å²) in [6.45, 7) is 7.53. The van der Waals surface area contributed by atoms with E-state index in [1.165, 1.54) is 0 Å². The third kappa shape index (κ3) is 2.81. The molecule has 5 heteroatoms. The van der Waals surface area contributed by atoms with Crippen molar-refractivity contribution in [1.82, 2.24) is 14.8 Å². The Morgan fingerprint density at radius 1 is 1.32 bits per heavy atom. The van der Waals surface area contributed by atoms with Crippen molar-refractivity contribution in [2.75, 3.05) is 5.32 Å². The number of pyridine rings is 1. The third-order valence-corrected chi connectivity index (χ3v) is 2.91. The molecule has 0 unspecified atom stereocenters. The van der Waals surface area contributed by atoms with Gasteiger partial charge in [0.25, 0.3) is 0 Å². The van der Waals surface area contributed by atoms with Crippen molar-refractivity contribution >= 4 is 11.6 Å². The molecule has 0 spiro atoms. The molecule has 0 aromatic carbocycles. The second-order valence-corrected chi connectivity index (χ2v) is 4.82. The molecule has 2 aromatic rings. The van der Waals surface area contributed by atoms with Gasteiger partial charge in [-0.05, 0) is 26.0 Å². The molecule has 1 N–H and O–H groups in total. The van der Waals surface area contributed by atoms with Crippen LogP contribution < -0.4 is 5.32 Å². The first kappa shape index (κ1) is 13.3. The number of hydrogen-bond acceptors (Lipinski definition) is 3. The van der Waals surface area contributed by atoms with Crippen LogP contribution in [0.3, 0.4) is 0 Å². The fourth-order valence-corrected chi connectivity index (χ4v) is 1.70. The Bertz CT molecular complexity index is 601. The van der Waals surface area contributed by atoms with Gasteiger partial charge in [0.15, 0.2) is 0 Å². The number of carbonyl (C=O) groups excluding carboxylic acids is 1. The molecule has 0 aliphatic carbocycles. The molecular formula is C14H18N4O. The quantitative estimate of drug-likeness (QED) is 0.920. The van der Waals surface area contributed by atoms with Gasteiger partial charge in [0, 0.05) is 12.1 Å². The molecular weight excluding hydrogens is 240 g/mol. The van der Waals surface area contributed by atoms with Crippen LogP contribution in [0.2, 0.25) is 0 Å². The van der Waals surface area contributed by atoms with Crippen molar-refractivity contribution in [2.45, 2.75) is 27.7 Å².